The number of ether oxygens (including phenoxy) is 1. The van der Waals surface area contributed by atoms with Crippen LogP contribution in [-0.2, 0) is 26.2 Å². The first-order valence-corrected chi connectivity index (χ1v) is 13.9. The van der Waals surface area contributed by atoms with Gasteiger partial charge < -0.3 is 15.0 Å². The molecule has 1 aliphatic carbocycles. The van der Waals surface area contributed by atoms with E-state index < -0.39 is 28.5 Å². The molecule has 8 nitrogen and oxygen atoms in total. The van der Waals surface area contributed by atoms with Crippen LogP contribution in [0, 0.1) is 0 Å². The smallest absolute Gasteiger partial charge is 0.243 e. The lowest BCUT2D eigenvalue weighted by atomic mass is 9.95. The van der Waals surface area contributed by atoms with Crippen molar-refractivity contribution in [2.24, 2.45) is 0 Å². The van der Waals surface area contributed by atoms with Gasteiger partial charge in [-0.2, -0.15) is 4.31 Å². The van der Waals surface area contributed by atoms with Gasteiger partial charge in [0.15, 0.2) is 0 Å². The third-order valence-electron chi connectivity index (χ3n) is 6.51. The highest BCUT2D eigenvalue weighted by atomic mass is 35.5. The number of halogens is 1. The first kappa shape index (κ1) is 28.0. The fourth-order valence-corrected chi connectivity index (χ4v) is 5.48. The van der Waals surface area contributed by atoms with Crippen molar-refractivity contribution in [3.8, 4) is 5.75 Å². The second-order valence-corrected chi connectivity index (χ2v) is 11.6. The molecule has 0 aliphatic heterocycles. The summed E-state index contributed by atoms with van der Waals surface area (Å²) >= 11 is 5.88. The van der Waals surface area contributed by atoms with Crippen LogP contribution in [0.4, 0.5) is 0 Å². The molecule has 2 aromatic carbocycles. The molecule has 0 heterocycles. The minimum atomic E-state index is -3.92. The van der Waals surface area contributed by atoms with Gasteiger partial charge in [-0.25, -0.2) is 8.42 Å². The van der Waals surface area contributed by atoms with Crippen molar-refractivity contribution in [2.75, 3.05) is 20.7 Å². The summed E-state index contributed by atoms with van der Waals surface area (Å²) in [6, 6.07) is 12.3. The molecule has 3 rings (SSSR count). The van der Waals surface area contributed by atoms with E-state index in [4.69, 9.17) is 16.3 Å². The monoisotopic (exact) mass is 535 g/mol. The second kappa shape index (κ2) is 12.6. The summed E-state index contributed by atoms with van der Waals surface area (Å²) in [7, 11) is -1.01. The Kier molecular flexibility index (Phi) is 9.76. The molecular formula is C26H34ClN3O5S. The minimum absolute atomic E-state index is 0.0343. The molecule has 1 aliphatic rings. The molecule has 1 fully saturated rings. The number of methoxy groups -OCH3 is 1. The first-order chi connectivity index (χ1) is 17.1. The molecule has 10 heteroatoms. The van der Waals surface area contributed by atoms with Crippen molar-refractivity contribution in [1.82, 2.24) is 14.5 Å². The number of amides is 2. The highest BCUT2D eigenvalue weighted by molar-refractivity contribution is 7.89. The molecule has 2 amide bonds. The Bertz CT molecular complexity index is 1130. The molecule has 196 valence electrons. The lowest BCUT2D eigenvalue weighted by Crippen LogP contribution is -2.52. The summed E-state index contributed by atoms with van der Waals surface area (Å²) in [6.45, 7) is 1.41. The zero-order chi connectivity index (χ0) is 26.3. The third-order valence-corrected chi connectivity index (χ3v) is 8.58. The molecule has 36 heavy (non-hydrogen) atoms. The SMILES string of the molecule is COc1ccc(CN(C(=O)CN(C)S(=O)(=O)c2ccc(Cl)cc2)[C@H](C)C(=O)NC2CCCCC2)cc1. The van der Waals surface area contributed by atoms with Gasteiger partial charge in [-0.05, 0) is 61.7 Å². The molecule has 1 atom stereocenters. The van der Waals surface area contributed by atoms with E-state index in [1.54, 1.807) is 26.2 Å². The Morgan fingerprint density at radius 2 is 1.67 bits per heavy atom. The minimum Gasteiger partial charge on any atom is -0.497 e. The average Bonchev–Trinajstić information content (AvgIpc) is 2.88. The Labute approximate surface area is 218 Å². The van der Waals surface area contributed by atoms with Gasteiger partial charge in [0.1, 0.15) is 11.8 Å². The number of rotatable bonds is 10. The van der Waals surface area contributed by atoms with E-state index in [-0.39, 0.29) is 23.4 Å². The fourth-order valence-electron chi connectivity index (χ4n) is 4.23. The van der Waals surface area contributed by atoms with Gasteiger partial charge in [0, 0.05) is 24.7 Å². The van der Waals surface area contributed by atoms with Crippen LogP contribution in [0.25, 0.3) is 0 Å². The lowest BCUT2D eigenvalue weighted by molar-refractivity contribution is -0.141. The topological polar surface area (TPSA) is 96.0 Å². The molecule has 1 saturated carbocycles. The Morgan fingerprint density at radius 1 is 1.06 bits per heavy atom. The van der Waals surface area contributed by atoms with Crippen molar-refractivity contribution in [1.29, 1.82) is 0 Å². The van der Waals surface area contributed by atoms with Crippen LogP contribution in [0.2, 0.25) is 5.02 Å². The van der Waals surface area contributed by atoms with Crippen LogP contribution in [0.3, 0.4) is 0 Å². The van der Waals surface area contributed by atoms with Gasteiger partial charge in [-0.15, -0.1) is 0 Å². The van der Waals surface area contributed by atoms with Crippen LogP contribution in [0.1, 0.15) is 44.6 Å². The number of hydrogen-bond acceptors (Lipinski definition) is 5. The molecule has 0 aromatic heterocycles. The number of sulfonamides is 1. The predicted octanol–water partition coefficient (Wildman–Crippen LogP) is 3.84. The van der Waals surface area contributed by atoms with Gasteiger partial charge in [0.25, 0.3) is 0 Å². The highest BCUT2D eigenvalue weighted by Crippen LogP contribution is 2.21. The van der Waals surface area contributed by atoms with Crippen molar-refractivity contribution in [2.45, 2.75) is 62.6 Å². The molecule has 0 spiro atoms. The van der Waals surface area contributed by atoms with E-state index in [1.807, 2.05) is 12.1 Å². The van der Waals surface area contributed by atoms with Crippen molar-refractivity contribution >= 4 is 33.4 Å². The third kappa shape index (κ3) is 7.21. The van der Waals surface area contributed by atoms with E-state index in [0.29, 0.717) is 10.8 Å². The predicted molar refractivity (Wildman–Crippen MR) is 139 cm³/mol. The van der Waals surface area contributed by atoms with Gasteiger partial charge in [-0.3, -0.25) is 9.59 Å². The quantitative estimate of drug-likeness (QED) is 0.499. The fraction of sp³-hybridized carbons (Fsp3) is 0.462. The standard InChI is InChI=1S/C26H34ClN3O5S/c1-19(26(32)28-22-7-5-4-6-8-22)30(17-20-9-13-23(35-3)14-10-20)25(31)18-29(2)36(33,34)24-15-11-21(27)12-16-24/h9-16,19,22H,4-8,17-18H2,1-3H3,(H,28,32)/t19-/m1/s1. The van der Waals surface area contributed by atoms with Crippen LogP contribution in [0.5, 0.6) is 5.75 Å². The lowest BCUT2D eigenvalue weighted by Gasteiger charge is -2.32. The van der Waals surface area contributed by atoms with E-state index in [9.17, 15) is 18.0 Å². The molecule has 0 saturated heterocycles. The molecule has 2 aromatic rings. The maximum Gasteiger partial charge on any atom is 0.243 e. The van der Waals surface area contributed by atoms with Crippen molar-refractivity contribution in [3.05, 3.63) is 59.1 Å². The number of carbonyl (C=O) groups excluding carboxylic acids is 2. The Balaban J connectivity index is 1.79. The number of hydrogen-bond donors (Lipinski definition) is 1. The van der Waals surface area contributed by atoms with Gasteiger partial charge in [0.2, 0.25) is 21.8 Å². The maximum absolute atomic E-state index is 13.4. The Hall–Kier alpha value is -2.62. The molecule has 0 radical (unpaired) electrons. The number of carbonyl (C=O) groups is 2. The first-order valence-electron chi connectivity index (χ1n) is 12.1. The number of nitrogens with one attached hydrogen (secondary N) is 1. The summed E-state index contributed by atoms with van der Waals surface area (Å²) in [5.74, 6) is -0.0439. The van der Waals surface area contributed by atoms with Crippen molar-refractivity contribution in [3.63, 3.8) is 0 Å². The zero-order valence-corrected chi connectivity index (χ0v) is 22.5. The van der Waals surface area contributed by atoms with Crippen LogP contribution in [0.15, 0.2) is 53.4 Å². The van der Waals surface area contributed by atoms with Gasteiger partial charge in [0.05, 0.1) is 18.6 Å². The summed E-state index contributed by atoms with van der Waals surface area (Å²) in [4.78, 5) is 28.0. The largest absolute Gasteiger partial charge is 0.497 e. The van der Waals surface area contributed by atoms with Crippen LogP contribution in [-0.4, -0.2) is 62.2 Å². The molecule has 0 unspecified atom stereocenters. The second-order valence-electron chi connectivity index (χ2n) is 9.10. The number of benzene rings is 2. The zero-order valence-electron chi connectivity index (χ0n) is 20.9. The summed E-state index contributed by atoms with van der Waals surface area (Å²) in [6.07, 6.45) is 5.15. The molecule has 1 N–H and O–H groups in total. The van der Waals surface area contributed by atoms with Gasteiger partial charge >= 0.3 is 0 Å². The van der Waals surface area contributed by atoms with E-state index in [0.717, 1.165) is 35.6 Å². The van der Waals surface area contributed by atoms with Crippen LogP contribution < -0.4 is 10.1 Å². The number of nitrogens with zero attached hydrogens (tertiary/aromatic N) is 2. The summed E-state index contributed by atoms with van der Waals surface area (Å²) in [5.41, 5.74) is 0.796. The van der Waals surface area contributed by atoms with E-state index in [2.05, 4.69) is 5.32 Å². The van der Waals surface area contributed by atoms with E-state index >= 15 is 0 Å². The summed E-state index contributed by atoms with van der Waals surface area (Å²) < 4.78 is 32.2. The van der Waals surface area contributed by atoms with Crippen molar-refractivity contribution < 1.29 is 22.7 Å². The summed E-state index contributed by atoms with van der Waals surface area (Å²) in [5, 5.41) is 3.49. The van der Waals surface area contributed by atoms with Gasteiger partial charge in [-0.1, -0.05) is 43.0 Å². The normalized spacial score (nSPS) is 15.4. The van der Waals surface area contributed by atoms with E-state index in [1.165, 1.54) is 42.6 Å². The maximum atomic E-state index is 13.4. The Morgan fingerprint density at radius 3 is 2.25 bits per heavy atom. The molecular weight excluding hydrogens is 502 g/mol. The highest BCUT2D eigenvalue weighted by Gasteiger charge is 2.31. The molecule has 0 bridgehead atoms. The van der Waals surface area contributed by atoms with Crippen LogP contribution >= 0.6 is 11.6 Å². The number of likely N-dealkylation sites (N-methyl/N-ethyl adjacent to an activating group) is 1. The average molecular weight is 536 g/mol.